The first kappa shape index (κ1) is 19.4. The summed E-state index contributed by atoms with van der Waals surface area (Å²) in [7, 11) is 0. The molecule has 0 spiro atoms. The van der Waals surface area contributed by atoms with E-state index in [0.717, 1.165) is 28.2 Å². The molecule has 0 aliphatic rings. The summed E-state index contributed by atoms with van der Waals surface area (Å²) in [6.07, 6.45) is 2.13. The van der Waals surface area contributed by atoms with Crippen LogP contribution in [-0.4, -0.2) is 15.3 Å². The van der Waals surface area contributed by atoms with Crippen LogP contribution in [0.5, 0.6) is 0 Å². The minimum Gasteiger partial charge on any atom is -0.326 e. The topological polar surface area (TPSA) is 70.2 Å². The van der Waals surface area contributed by atoms with Gasteiger partial charge in [0.1, 0.15) is 5.65 Å². The number of aryl methyl sites for hydroxylation is 3. The van der Waals surface area contributed by atoms with Crippen molar-refractivity contribution in [3.63, 3.8) is 0 Å². The number of pyridine rings is 1. The number of nitrogens with one attached hydrogen (secondary N) is 1. The lowest BCUT2D eigenvalue weighted by Crippen LogP contribution is -2.16. The fraction of sp³-hybridized carbons (Fsp3) is 0.160. The number of amides is 1. The second-order valence-corrected chi connectivity index (χ2v) is 7.56. The van der Waals surface area contributed by atoms with E-state index in [4.69, 9.17) is 10.2 Å². The van der Waals surface area contributed by atoms with Crippen molar-refractivity contribution >= 4 is 17.2 Å². The number of hydrogen-bond acceptors (Lipinski definition) is 3. The van der Waals surface area contributed by atoms with E-state index in [0.29, 0.717) is 11.3 Å². The van der Waals surface area contributed by atoms with Gasteiger partial charge in [-0.15, -0.1) is 0 Å². The molecule has 5 heteroatoms. The molecule has 4 rings (SSSR count). The molecule has 0 saturated heterocycles. The summed E-state index contributed by atoms with van der Waals surface area (Å²) in [4.78, 5) is 17.7. The number of hydrogen-bond donors (Lipinski definition) is 1. The number of anilines is 1. The normalized spacial score (nSPS) is 10.7. The van der Waals surface area contributed by atoms with E-state index in [1.807, 2.05) is 29.7 Å². The average molecular weight is 394 g/mol. The molecule has 5 nitrogen and oxygen atoms in total. The van der Waals surface area contributed by atoms with Gasteiger partial charge in [-0.2, -0.15) is 5.26 Å². The number of fused-ring (bicyclic) bond motifs is 1. The first-order chi connectivity index (χ1) is 14.4. The second kappa shape index (κ2) is 7.84. The van der Waals surface area contributed by atoms with Crippen molar-refractivity contribution in [1.82, 2.24) is 9.38 Å². The summed E-state index contributed by atoms with van der Waals surface area (Å²) < 4.78 is 1.98. The van der Waals surface area contributed by atoms with Gasteiger partial charge < -0.3 is 9.72 Å². The molecule has 0 unspecified atom stereocenters. The molecule has 2 heterocycles. The first-order valence-electron chi connectivity index (χ1n) is 9.80. The van der Waals surface area contributed by atoms with E-state index >= 15 is 0 Å². The smallest absolute Gasteiger partial charge is 0.230 e. The molecular weight excluding hydrogens is 372 g/mol. The summed E-state index contributed by atoms with van der Waals surface area (Å²) in [6, 6.07) is 19.3. The fourth-order valence-corrected chi connectivity index (χ4v) is 3.51. The third-order valence-corrected chi connectivity index (χ3v) is 5.26. The number of benzene rings is 2. The van der Waals surface area contributed by atoms with Crippen LogP contribution in [0.25, 0.3) is 16.9 Å². The van der Waals surface area contributed by atoms with Crippen molar-refractivity contribution in [3.8, 4) is 17.3 Å². The van der Waals surface area contributed by atoms with Crippen LogP contribution in [0.2, 0.25) is 0 Å². The molecular formula is C25H22N4O. The first-order valence-corrected chi connectivity index (χ1v) is 9.80. The lowest BCUT2D eigenvalue weighted by atomic mass is 10.0. The van der Waals surface area contributed by atoms with E-state index in [-0.39, 0.29) is 12.3 Å². The minimum atomic E-state index is -0.155. The summed E-state index contributed by atoms with van der Waals surface area (Å²) in [5.74, 6) is -0.155. The van der Waals surface area contributed by atoms with Crippen molar-refractivity contribution in [2.75, 3.05) is 5.32 Å². The van der Waals surface area contributed by atoms with Crippen molar-refractivity contribution in [2.45, 2.75) is 27.2 Å². The Hall–Kier alpha value is -3.91. The Morgan fingerprint density at radius 3 is 2.67 bits per heavy atom. The molecule has 0 aliphatic carbocycles. The molecule has 30 heavy (non-hydrogen) atoms. The zero-order valence-corrected chi connectivity index (χ0v) is 17.2. The monoisotopic (exact) mass is 394 g/mol. The van der Waals surface area contributed by atoms with Crippen LogP contribution < -0.4 is 5.32 Å². The number of carbonyl (C=O) groups is 1. The third kappa shape index (κ3) is 3.81. The average Bonchev–Trinajstić information content (AvgIpc) is 3.07. The molecule has 0 saturated carbocycles. The quantitative estimate of drug-likeness (QED) is 0.531. The highest BCUT2D eigenvalue weighted by atomic mass is 16.1. The molecule has 2 aromatic carbocycles. The molecule has 0 radical (unpaired) electrons. The lowest BCUT2D eigenvalue weighted by Gasteiger charge is -2.09. The highest BCUT2D eigenvalue weighted by Crippen LogP contribution is 2.27. The zero-order chi connectivity index (χ0) is 21.3. The Morgan fingerprint density at radius 1 is 1.07 bits per heavy atom. The zero-order valence-electron chi connectivity index (χ0n) is 17.2. The third-order valence-electron chi connectivity index (χ3n) is 5.26. The molecule has 0 atom stereocenters. The summed E-state index contributed by atoms with van der Waals surface area (Å²) in [5, 5.41) is 12.0. The molecule has 2 aromatic heterocycles. The Balaban J connectivity index is 1.73. The van der Waals surface area contributed by atoms with Gasteiger partial charge in [0.15, 0.2) is 0 Å². The van der Waals surface area contributed by atoms with E-state index in [1.54, 1.807) is 24.3 Å². The molecule has 0 aliphatic heterocycles. The number of nitrogens with zero attached hydrogens (tertiary/aromatic N) is 3. The Bertz CT molecular complexity index is 1310. The van der Waals surface area contributed by atoms with E-state index in [9.17, 15) is 4.79 Å². The maximum Gasteiger partial charge on any atom is 0.230 e. The van der Waals surface area contributed by atoms with Gasteiger partial charge in [0.2, 0.25) is 5.91 Å². The van der Waals surface area contributed by atoms with Crippen LogP contribution in [0.1, 0.15) is 27.9 Å². The van der Waals surface area contributed by atoms with Gasteiger partial charge in [-0.05, 0) is 73.9 Å². The number of aromatic nitrogens is 2. The van der Waals surface area contributed by atoms with Crippen molar-refractivity contribution in [1.29, 1.82) is 5.26 Å². The predicted octanol–water partition coefficient (Wildman–Crippen LogP) is 4.98. The highest BCUT2D eigenvalue weighted by Gasteiger charge is 2.18. The molecule has 0 fully saturated rings. The van der Waals surface area contributed by atoms with Crippen LogP contribution in [0.15, 0.2) is 60.8 Å². The molecule has 148 valence electrons. The van der Waals surface area contributed by atoms with E-state index < -0.39 is 0 Å². The van der Waals surface area contributed by atoms with Crippen molar-refractivity contribution in [2.24, 2.45) is 0 Å². The maximum atomic E-state index is 12.9. The summed E-state index contributed by atoms with van der Waals surface area (Å²) in [6.45, 7) is 6.18. The van der Waals surface area contributed by atoms with Gasteiger partial charge in [0, 0.05) is 17.4 Å². The van der Waals surface area contributed by atoms with Gasteiger partial charge in [-0.3, -0.25) is 4.79 Å². The van der Waals surface area contributed by atoms with Crippen LogP contribution in [0.3, 0.4) is 0 Å². The van der Waals surface area contributed by atoms with E-state index in [2.05, 4.69) is 43.4 Å². The molecule has 4 aromatic rings. The van der Waals surface area contributed by atoms with Gasteiger partial charge in [0.05, 0.1) is 29.4 Å². The molecule has 1 N–H and O–H groups in total. The number of nitriles is 1. The standard InChI is InChI=1S/C25H22N4O/c1-16-9-10-29-22(14-24(30)27-21-6-4-5-19(13-21)15-26)25(28-23(29)11-16)20-8-7-17(2)18(3)12-20/h4-13H,14H2,1-3H3,(H,27,30). The van der Waals surface area contributed by atoms with Crippen molar-refractivity contribution < 1.29 is 4.79 Å². The Labute approximate surface area is 175 Å². The van der Waals surface area contributed by atoms with Gasteiger partial charge in [-0.25, -0.2) is 4.98 Å². The number of rotatable bonds is 4. The van der Waals surface area contributed by atoms with Crippen LogP contribution >= 0.6 is 0 Å². The fourth-order valence-electron chi connectivity index (χ4n) is 3.51. The van der Waals surface area contributed by atoms with Crippen LogP contribution in [-0.2, 0) is 11.2 Å². The lowest BCUT2D eigenvalue weighted by molar-refractivity contribution is -0.115. The molecule has 1 amide bonds. The Morgan fingerprint density at radius 2 is 1.90 bits per heavy atom. The second-order valence-electron chi connectivity index (χ2n) is 7.56. The summed E-state index contributed by atoms with van der Waals surface area (Å²) >= 11 is 0. The van der Waals surface area contributed by atoms with Crippen molar-refractivity contribution in [3.05, 3.63) is 88.7 Å². The van der Waals surface area contributed by atoms with Crippen LogP contribution in [0.4, 0.5) is 5.69 Å². The Kier molecular flexibility index (Phi) is 5.07. The predicted molar refractivity (Wildman–Crippen MR) is 118 cm³/mol. The van der Waals surface area contributed by atoms with E-state index in [1.165, 1.54) is 11.1 Å². The summed E-state index contributed by atoms with van der Waals surface area (Å²) in [5.41, 5.74) is 8.09. The highest BCUT2D eigenvalue weighted by molar-refractivity contribution is 5.93. The number of imidazole rings is 1. The van der Waals surface area contributed by atoms with Gasteiger partial charge in [-0.1, -0.05) is 18.2 Å². The van der Waals surface area contributed by atoms with Gasteiger partial charge in [0.25, 0.3) is 0 Å². The SMILES string of the molecule is Cc1ccn2c(CC(=O)Nc3cccc(C#N)c3)c(-c3ccc(C)c(C)c3)nc2c1. The molecule has 0 bridgehead atoms. The van der Waals surface area contributed by atoms with Crippen LogP contribution in [0, 0.1) is 32.1 Å². The minimum absolute atomic E-state index is 0.155. The number of carbonyl (C=O) groups excluding carboxylic acids is 1. The van der Waals surface area contributed by atoms with Gasteiger partial charge >= 0.3 is 0 Å². The largest absolute Gasteiger partial charge is 0.326 e. The maximum absolute atomic E-state index is 12.9.